The maximum atomic E-state index is 11.3. The van der Waals surface area contributed by atoms with Crippen LogP contribution in [-0.4, -0.2) is 17.7 Å². The Labute approximate surface area is 108 Å². The van der Waals surface area contributed by atoms with Crippen LogP contribution in [0.25, 0.3) is 0 Å². The molecule has 0 saturated carbocycles. The van der Waals surface area contributed by atoms with E-state index in [1.165, 1.54) is 0 Å². The second-order valence-corrected chi connectivity index (χ2v) is 4.12. The highest BCUT2D eigenvalue weighted by atomic mass is 79.9. The zero-order valence-electron chi connectivity index (χ0n) is 9.36. The molecule has 1 aromatic rings. The number of benzene rings is 1. The Morgan fingerprint density at radius 3 is 2.71 bits per heavy atom. The monoisotopic (exact) mass is 297 g/mol. The minimum Gasteiger partial charge on any atom is -0.466 e. The SMILES string of the molecule is CCOC(=O)Cc1ccc(CO)c(C#N)c1Br. The number of esters is 1. The van der Waals surface area contributed by atoms with Gasteiger partial charge < -0.3 is 9.84 Å². The van der Waals surface area contributed by atoms with Crippen LogP contribution in [0, 0.1) is 11.3 Å². The summed E-state index contributed by atoms with van der Waals surface area (Å²) in [5, 5.41) is 18.1. The topological polar surface area (TPSA) is 70.3 Å². The van der Waals surface area contributed by atoms with Crippen molar-refractivity contribution in [1.29, 1.82) is 5.26 Å². The highest BCUT2D eigenvalue weighted by molar-refractivity contribution is 9.10. The van der Waals surface area contributed by atoms with Crippen molar-refractivity contribution in [3.05, 3.63) is 33.3 Å². The molecule has 4 nitrogen and oxygen atoms in total. The number of ether oxygens (including phenoxy) is 1. The number of carbonyl (C=O) groups excluding carboxylic acids is 1. The molecular weight excluding hydrogens is 286 g/mol. The molecule has 0 amide bonds. The van der Waals surface area contributed by atoms with Gasteiger partial charge in [-0.3, -0.25) is 4.79 Å². The molecule has 5 heteroatoms. The summed E-state index contributed by atoms with van der Waals surface area (Å²) in [5.41, 5.74) is 1.57. The van der Waals surface area contributed by atoms with E-state index in [9.17, 15) is 4.79 Å². The van der Waals surface area contributed by atoms with E-state index in [-0.39, 0.29) is 19.0 Å². The Bertz CT molecular complexity index is 466. The summed E-state index contributed by atoms with van der Waals surface area (Å²) in [6.07, 6.45) is 0.106. The minimum absolute atomic E-state index is 0.106. The Morgan fingerprint density at radius 1 is 1.53 bits per heavy atom. The average molecular weight is 298 g/mol. The van der Waals surface area contributed by atoms with E-state index in [0.29, 0.717) is 27.8 Å². The van der Waals surface area contributed by atoms with Crippen LogP contribution in [-0.2, 0) is 22.6 Å². The Kier molecular flexibility index (Phi) is 5.13. The molecule has 0 saturated heterocycles. The van der Waals surface area contributed by atoms with Crippen molar-refractivity contribution < 1.29 is 14.6 Å². The van der Waals surface area contributed by atoms with Gasteiger partial charge in [0.2, 0.25) is 0 Å². The van der Waals surface area contributed by atoms with E-state index in [1.807, 2.05) is 6.07 Å². The number of hydrogen-bond acceptors (Lipinski definition) is 4. The molecule has 90 valence electrons. The number of aliphatic hydroxyl groups excluding tert-OH is 1. The molecule has 0 spiro atoms. The molecule has 0 aliphatic heterocycles. The zero-order chi connectivity index (χ0) is 12.8. The summed E-state index contributed by atoms with van der Waals surface area (Å²) >= 11 is 3.27. The van der Waals surface area contributed by atoms with Crippen molar-refractivity contribution in [2.24, 2.45) is 0 Å². The lowest BCUT2D eigenvalue weighted by atomic mass is 10.0. The zero-order valence-corrected chi connectivity index (χ0v) is 11.0. The summed E-state index contributed by atoms with van der Waals surface area (Å²) in [5.74, 6) is -0.339. The fourth-order valence-electron chi connectivity index (χ4n) is 1.42. The maximum absolute atomic E-state index is 11.3. The van der Waals surface area contributed by atoms with Crippen molar-refractivity contribution in [1.82, 2.24) is 0 Å². The Hall–Kier alpha value is -1.38. The fraction of sp³-hybridized carbons (Fsp3) is 0.333. The third kappa shape index (κ3) is 3.29. The third-order valence-electron chi connectivity index (χ3n) is 2.23. The first kappa shape index (κ1) is 13.7. The maximum Gasteiger partial charge on any atom is 0.310 e. The lowest BCUT2D eigenvalue weighted by Gasteiger charge is -2.08. The molecule has 0 unspecified atom stereocenters. The quantitative estimate of drug-likeness (QED) is 0.862. The average Bonchev–Trinajstić information content (AvgIpc) is 2.31. The number of aliphatic hydroxyl groups is 1. The molecule has 0 aromatic heterocycles. The normalized spacial score (nSPS) is 9.76. The van der Waals surface area contributed by atoms with E-state index in [2.05, 4.69) is 15.9 Å². The van der Waals surface area contributed by atoms with Crippen LogP contribution in [0.3, 0.4) is 0 Å². The van der Waals surface area contributed by atoms with E-state index in [1.54, 1.807) is 19.1 Å². The second-order valence-electron chi connectivity index (χ2n) is 3.32. The molecule has 0 heterocycles. The van der Waals surface area contributed by atoms with Crippen LogP contribution < -0.4 is 0 Å². The van der Waals surface area contributed by atoms with Crippen molar-refractivity contribution in [2.75, 3.05) is 6.61 Å². The van der Waals surface area contributed by atoms with E-state index in [0.717, 1.165) is 0 Å². The summed E-state index contributed by atoms with van der Waals surface area (Å²) in [6, 6.07) is 5.34. The van der Waals surface area contributed by atoms with E-state index >= 15 is 0 Å². The van der Waals surface area contributed by atoms with E-state index < -0.39 is 0 Å². The van der Waals surface area contributed by atoms with Crippen molar-refractivity contribution in [3.63, 3.8) is 0 Å². The molecule has 0 bridgehead atoms. The number of carbonyl (C=O) groups is 1. The summed E-state index contributed by atoms with van der Waals surface area (Å²) < 4.78 is 5.38. The third-order valence-corrected chi connectivity index (χ3v) is 3.14. The summed E-state index contributed by atoms with van der Waals surface area (Å²) in [6.45, 7) is 1.86. The van der Waals surface area contributed by atoms with Gasteiger partial charge in [0.25, 0.3) is 0 Å². The van der Waals surface area contributed by atoms with Gasteiger partial charge in [-0.1, -0.05) is 12.1 Å². The van der Waals surface area contributed by atoms with Gasteiger partial charge in [-0.15, -0.1) is 0 Å². The number of halogens is 1. The highest BCUT2D eigenvalue weighted by Crippen LogP contribution is 2.25. The molecule has 0 aliphatic rings. The predicted octanol–water partition coefficient (Wildman–Crippen LogP) is 1.92. The van der Waals surface area contributed by atoms with Crippen molar-refractivity contribution >= 4 is 21.9 Å². The standard InChI is InChI=1S/C12H12BrNO3/c1-2-17-11(16)5-8-3-4-9(7-15)10(6-14)12(8)13/h3-4,15H,2,5,7H2,1H3. The largest absolute Gasteiger partial charge is 0.466 e. The second kappa shape index (κ2) is 6.38. The molecule has 17 heavy (non-hydrogen) atoms. The van der Waals surface area contributed by atoms with Gasteiger partial charge in [-0.2, -0.15) is 5.26 Å². The number of nitrogens with zero attached hydrogens (tertiary/aromatic N) is 1. The summed E-state index contributed by atoms with van der Waals surface area (Å²) in [4.78, 5) is 11.3. The van der Waals surface area contributed by atoms with Crippen molar-refractivity contribution in [3.8, 4) is 6.07 Å². The van der Waals surface area contributed by atoms with Gasteiger partial charge in [-0.05, 0) is 34.0 Å². The molecule has 1 N–H and O–H groups in total. The van der Waals surface area contributed by atoms with E-state index in [4.69, 9.17) is 15.1 Å². The van der Waals surface area contributed by atoms with Crippen molar-refractivity contribution in [2.45, 2.75) is 20.0 Å². The molecule has 0 atom stereocenters. The van der Waals surface area contributed by atoms with Gasteiger partial charge in [0, 0.05) is 4.47 Å². The lowest BCUT2D eigenvalue weighted by molar-refractivity contribution is -0.142. The molecule has 1 aromatic carbocycles. The van der Waals surface area contributed by atoms with Crippen LogP contribution in [0.1, 0.15) is 23.6 Å². The lowest BCUT2D eigenvalue weighted by Crippen LogP contribution is -2.08. The van der Waals surface area contributed by atoms with Crippen LogP contribution in [0.2, 0.25) is 0 Å². The Morgan fingerprint density at radius 2 is 2.18 bits per heavy atom. The number of hydrogen-bond donors (Lipinski definition) is 1. The first-order valence-electron chi connectivity index (χ1n) is 5.10. The van der Waals surface area contributed by atoms with Crippen LogP contribution in [0.4, 0.5) is 0 Å². The van der Waals surface area contributed by atoms with Crippen LogP contribution in [0.5, 0.6) is 0 Å². The number of nitriles is 1. The van der Waals surface area contributed by atoms with Gasteiger partial charge in [0.05, 0.1) is 25.2 Å². The molecule has 0 aliphatic carbocycles. The first-order valence-corrected chi connectivity index (χ1v) is 5.90. The fourth-order valence-corrected chi connectivity index (χ4v) is 2.03. The minimum atomic E-state index is -0.339. The number of rotatable bonds is 4. The van der Waals surface area contributed by atoms with Crippen LogP contribution in [0.15, 0.2) is 16.6 Å². The molecular formula is C12H12BrNO3. The Balaban J connectivity index is 3.04. The smallest absolute Gasteiger partial charge is 0.310 e. The molecule has 1 rings (SSSR count). The molecule has 0 radical (unpaired) electrons. The predicted molar refractivity (Wildman–Crippen MR) is 65.1 cm³/mol. The summed E-state index contributed by atoms with van der Waals surface area (Å²) in [7, 11) is 0. The van der Waals surface area contributed by atoms with Gasteiger partial charge >= 0.3 is 5.97 Å². The molecule has 0 fully saturated rings. The first-order chi connectivity index (χ1) is 8.13. The van der Waals surface area contributed by atoms with Gasteiger partial charge in [0.15, 0.2) is 0 Å². The van der Waals surface area contributed by atoms with Crippen LogP contribution >= 0.6 is 15.9 Å². The highest BCUT2D eigenvalue weighted by Gasteiger charge is 2.13. The van der Waals surface area contributed by atoms with Gasteiger partial charge in [-0.25, -0.2) is 0 Å². The van der Waals surface area contributed by atoms with Gasteiger partial charge in [0.1, 0.15) is 6.07 Å².